The molecule has 0 unspecified atom stereocenters. The number of halogens is 3. The van der Waals surface area contributed by atoms with Crippen molar-refractivity contribution in [2.24, 2.45) is 0 Å². The van der Waals surface area contributed by atoms with E-state index in [2.05, 4.69) is 5.32 Å². The van der Waals surface area contributed by atoms with Gasteiger partial charge in [0.2, 0.25) is 5.91 Å². The maximum absolute atomic E-state index is 15.3. The van der Waals surface area contributed by atoms with Crippen molar-refractivity contribution in [2.75, 3.05) is 40.8 Å². The Balaban J connectivity index is 1.48. The molecule has 0 radical (unpaired) electrons. The van der Waals surface area contributed by atoms with Gasteiger partial charge in [-0.1, -0.05) is 30.3 Å². The molecule has 0 saturated carbocycles. The summed E-state index contributed by atoms with van der Waals surface area (Å²) in [6.45, 7) is -0.795. The fourth-order valence-corrected chi connectivity index (χ4v) is 4.91. The van der Waals surface area contributed by atoms with Crippen LogP contribution in [0.15, 0.2) is 42.5 Å². The molecule has 186 valence electrons. The summed E-state index contributed by atoms with van der Waals surface area (Å²) in [5.41, 5.74) is -1.43. The van der Waals surface area contributed by atoms with Gasteiger partial charge < -0.3 is 19.9 Å². The fourth-order valence-electron chi connectivity index (χ4n) is 4.91. The Morgan fingerprint density at radius 3 is 2.46 bits per heavy atom. The van der Waals surface area contributed by atoms with Crippen LogP contribution >= 0.6 is 0 Å². The smallest absolute Gasteiger partial charge is 0.328 e. The van der Waals surface area contributed by atoms with E-state index in [1.807, 2.05) is 0 Å². The first-order chi connectivity index (χ1) is 16.5. The minimum absolute atomic E-state index is 0.0118. The lowest BCUT2D eigenvalue weighted by Crippen LogP contribution is -2.46. The number of carbonyl (C=O) groups excluding carboxylic acids is 3. The lowest BCUT2D eigenvalue weighted by molar-refractivity contribution is -0.150. The molecule has 1 heterocycles. The predicted octanol–water partition coefficient (Wildman–Crippen LogP) is 2.58. The maximum Gasteiger partial charge on any atom is 0.328 e. The van der Waals surface area contributed by atoms with Gasteiger partial charge in [-0.15, -0.1) is 0 Å². The molecule has 0 aromatic heterocycles. The van der Waals surface area contributed by atoms with Gasteiger partial charge in [-0.2, -0.15) is 8.78 Å². The molecule has 1 fully saturated rings. The molecule has 2 aromatic rings. The SMILES string of the molecule is COC(=O)[C@@H]1C[C@](F)(CN(C)C)CN1C(=O)CNC(=O)c1ccc2c(c1)-c1ccccc1C2(F)F. The van der Waals surface area contributed by atoms with Crippen molar-refractivity contribution >= 4 is 17.8 Å². The molecule has 1 aliphatic carbocycles. The molecule has 2 aromatic carbocycles. The quantitative estimate of drug-likeness (QED) is 0.632. The van der Waals surface area contributed by atoms with E-state index in [0.29, 0.717) is 5.56 Å². The highest BCUT2D eigenvalue weighted by Gasteiger charge is 2.50. The summed E-state index contributed by atoms with van der Waals surface area (Å²) in [6.07, 6.45) is -0.212. The highest BCUT2D eigenvalue weighted by atomic mass is 19.3. The maximum atomic E-state index is 15.3. The standard InChI is InChI=1S/C25H26F3N3O4/c1-30(2)13-24(26)11-20(23(34)35-3)31(14-24)21(32)12-29-22(33)15-8-9-19-17(10-15)16-6-4-5-7-18(16)25(19,27)28/h4-10,20H,11-14H2,1-3H3,(H,29,33)/t20-,24-/m0/s1. The topological polar surface area (TPSA) is 79.0 Å². The monoisotopic (exact) mass is 489 g/mol. The number of esters is 1. The minimum Gasteiger partial charge on any atom is -0.467 e. The second-order valence-corrected chi connectivity index (χ2v) is 9.22. The van der Waals surface area contributed by atoms with Crippen LogP contribution in [0.1, 0.15) is 27.9 Å². The van der Waals surface area contributed by atoms with E-state index < -0.39 is 42.0 Å². The van der Waals surface area contributed by atoms with E-state index in [4.69, 9.17) is 4.74 Å². The molecule has 2 amide bonds. The van der Waals surface area contributed by atoms with E-state index in [1.165, 1.54) is 30.3 Å². The third-order valence-corrected chi connectivity index (χ3v) is 6.36. The van der Waals surface area contributed by atoms with E-state index in [-0.39, 0.29) is 41.8 Å². The summed E-state index contributed by atoms with van der Waals surface area (Å²) in [5, 5.41) is 2.45. The number of hydrogen-bond donors (Lipinski definition) is 1. The van der Waals surface area contributed by atoms with E-state index in [9.17, 15) is 23.2 Å². The van der Waals surface area contributed by atoms with Gasteiger partial charge in [-0.25, -0.2) is 9.18 Å². The first kappa shape index (κ1) is 24.7. The number of ether oxygens (including phenoxy) is 1. The number of rotatable bonds is 6. The van der Waals surface area contributed by atoms with E-state index in [0.717, 1.165) is 12.0 Å². The van der Waals surface area contributed by atoms with Crippen molar-refractivity contribution in [3.63, 3.8) is 0 Å². The van der Waals surface area contributed by atoms with Gasteiger partial charge in [-0.05, 0) is 37.4 Å². The number of benzene rings is 2. The Morgan fingerprint density at radius 2 is 1.77 bits per heavy atom. The van der Waals surface area contributed by atoms with Crippen LogP contribution in [0.2, 0.25) is 0 Å². The van der Waals surface area contributed by atoms with Gasteiger partial charge in [0.15, 0.2) is 0 Å². The zero-order valence-electron chi connectivity index (χ0n) is 19.6. The number of nitrogens with one attached hydrogen (secondary N) is 1. The number of methoxy groups -OCH3 is 1. The summed E-state index contributed by atoms with van der Waals surface area (Å²) in [4.78, 5) is 40.5. The van der Waals surface area contributed by atoms with Gasteiger partial charge in [0.1, 0.15) is 11.7 Å². The average molecular weight is 489 g/mol. The third kappa shape index (κ3) is 4.50. The predicted molar refractivity (Wildman–Crippen MR) is 122 cm³/mol. The summed E-state index contributed by atoms with van der Waals surface area (Å²) in [5.74, 6) is -5.20. The highest BCUT2D eigenvalue weighted by Crippen LogP contribution is 2.50. The molecule has 1 saturated heterocycles. The number of fused-ring (bicyclic) bond motifs is 3. The number of likely N-dealkylation sites (tertiary alicyclic amines) is 1. The molecule has 35 heavy (non-hydrogen) atoms. The number of carbonyl (C=O) groups is 3. The van der Waals surface area contributed by atoms with Crippen LogP contribution in [-0.2, 0) is 20.2 Å². The van der Waals surface area contributed by atoms with Gasteiger partial charge in [-0.3, -0.25) is 9.59 Å². The average Bonchev–Trinajstić information content (AvgIpc) is 3.28. The molecule has 1 N–H and O–H groups in total. The molecule has 2 atom stereocenters. The summed E-state index contributed by atoms with van der Waals surface area (Å²) < 4.78 is 49.5. The van der Waals surface area contributed by atoms with Crippen LogP contribution < -0.4 is 5.32 Å². The molecule has 10 heteroatoms. The normalized spacial score (nSPS) is 22.0. The molecule has 1 aliphatic heterocycles. The Labute approximate surface area is 200 Å². The van der Waals surface area contributed by atoms with Crippen LogP contribution in [0, 0.1) is 0 Å². The Bertz CT molecular complexity index is 1190. The molecular weight excluding hydrogens is 463 g/mol. The molecule has 4 rings (SSSR count). The fraction of sp³-hybridized carbons (Fsp3) is 0.400. The molecule has 0 spiro atoms. The first-order valence-electron chi connectivity index (χ1n) is 11.1. The summed E-state index contributed by atoms with van der Waals surface area (Å²) in [6, 6.07) is 8.83. The van der Waals surface area contributed by atoms with Crippen LogP contribution in [0.5, 0.6) is 0 Å². The van der Waals surface area contributed by atoms with Crippen LogP contribution in [0.25, 0.3) is 11.1 Å². The van der Waals surface area contributed by atoms with Crippen LogP contribution in [-0.4, -0.2) is 80.1 Å². The summed E-state index contributed by atoms with van der Waals surface area (Å²) >= 11 is 0. The van der Waals surface area contributed by atoms with E-state index in [1.54, 1.807) is 31.1 Å². The number of amides is 2. The Morgan fingerprint density at radius 1 is 1.09 bits per heavy atom. The second kappa shape index (κ2) is 8.99. The zero-order valence-corrected chi connectivity index (χ0v) is 19.6. The molecule has 0 bridgehead atoms. The summed E-state index contributed by atoms with van der Waals surface area (Å²) in [7, 11) is 4.53. The zero-order chi connectivity index (χ0) is 25.5. The Hall–Kier alpha value is -3.40. The van der Waals surface area contributed by atoms with Crippen molar-refractivity contribution in [3.8, 4) is 11.1 Å². The number of hydrogen-bond acceptors (Lipinski definition) is 5. The number of nitrogens with zero attached hydrogens (tertiary/aromatic N) is 2. The van der Waals surface area contributed by atoms with Crippen molar-refractivity contribution in [1.82, 2.24) is 15.1 Å². The largest absolute Gasteiger partial charge is 0.467 e. The van der Waals surface area contributed by atoms with Crippen molar-refractivity contribution in [2.45, 2.75) is 24.1 Å². The molecular formula is C25H26F3N3O4. The van der Waals surface area contributed by atoms with Gasteiger partial charge in [0.05, 0.1) is 20.2 Å². The van der Waals surface area contributed by atoms with Gasteiger partial charge in [0.25, 0.3) is 11.8 Å². The minimum atomic E-state index is -3.17. The van der Waals surface area contributed by atoms with Crippen LogP contribution in [0.4, 0.5) is 13.2 Å². The van der Waals surface area contributed by atoms with Crippen molar-refractivity contribution in [3.05, 3.63) is 59.2 Å². The Kier molecular flexibility index (Phi) is 6.35. The van der Waals surface area contributed by atoms with Gasteiger partial charge >= 0.3 is 5.97 Å². The van der Waals surface area contributed by atoms with Crippen molar-refractivity contribution < 1.29 is 32.3 Å². The lowest BCUT2D eigenvalue weighted by atomic mass is 10.0. The second-order valence-electron chi connectivity index (χ2n) is 9.22. The molecule has 7 nitrogen and oxygen atoms in total. The van der Waals surface area contributed by atoms with E-state index >= 15 is 4.39 Å². The number of alkyl halides is 3. The third-order valence-electron chi connectivity index (χ3n) is 6.36. The van der Waals surface area contributed by atoms with Crippen LogP contribution in [0.3, 0.4) is 0 Å². The first-order valence-corrected chi connectivity index (χ1v) is 11.1. The lowest BCUT2D eigenvalue weighted by Gasteiger charge is -2.24. The van der Waals surface area contributed by atoms with Crippen molar-refractivity contribution in [1.29, 1.82) is 0 Å². The highest BCUT2D eigenvalue weighted by molar-refractivity contribution is 5.99. The molecule has 2 aliphatic rings. The van der Waals surface area contributed by atoms with Gasteiger partial charge in [0, 0.05) is 29.7 Å².